The Hall–Kier alpha value is -3.60. The number of hydrogen-bond donors (Lipinski definition) is 2. The average Bonchev–Trinajstić information content (AvgIpc) is 2.61. The van der Waals surface area contributed by atoms with Gasteiger partial charge in [0.1, 0.15) is 5.82 Å². The summed E-state index contributed by atoms with van der Waals surface area (Å²) in [4.78, 5) is 8.36. The van der Waals surface area contributed by atoms with Gasteiger partial charge in [-0.2, -0.15) is 23.4 Å². The van der Waals surface area contributed by atoms with Crippen molar-refractivity contribution in [1.82, 2.24) is 9.97 Å². The summed E-state index contributed by atoms with van der Waals surface area (Å²) < 4.78 is 39.4. The number of nitrogens with one attached hydrogen (secondary N) is 2. The minimum Gasteiger partial charge on any atom is -0.340 e. The van der Waals surface area contributed by atoms with E-state index < -0.39 is 11.7 Å². The number of hydrogen-bond acceptors (Lipinski definition) is 5. The molecule has 1 heterocycles. The zero-order valence-corrected chi connectivity index (χ0v) is 14.2. The van der Waals surface area contributed by atoms with Crippen molar-refractivity contribution in [3.63, 3.8) is 0 Å². The lowest BCUT2D eigenvalue weighted by Crippen LogP contribution is -2.10. The number of aromatic nitrogens is 2. The smallest absolute Gasteiger partial charge is 0.340 e. The number of para-hydroxylation sites is 1. The first-order valence-electron chi connectivity index (χ1n) is 7.91. The summed E-state index contributed by atoms with van der Waals surface area (Å²) in [6.07, 6.45) is -4.49. The van der Waals surface area contributed by atoms with Gasteiger partial charge in [0, 0.05) is 17.4 Å². The van der Waals surface area contributed by atoms with Crippen molar-refractivity contribution >= 4 is 23.1 Å². The first kappa shape index (κ1) is 18.2. The van der Waals surface area contributed by atoms with Gasteiger partial charge in [0.05, 0.1) is 22.9 Å². The molecular weight excluding hydrogens is 355 g/mol. The van der Waals surface area contributed by atoms with Crippen LogP contribution in [0.3, 0.4) is 0 Å². The number of aryl methyl sites for hydroxylation is 1. The van der Waals surface area contributed by atoms with E-state index in [2.05, 4.69) is 20.6 Å². The molecule has 0 saturated carbocycles. The third-order valence-corrected chi connectivity index (χ3v) is 3.60. The van der Waals surface area contributed by atoms with Gasteiger partial charge < -0.3 is 10.6 Å². The molecule has 5 nitrogen and oxygen atoms in total. The molecule has 3 aromatic rings. The number of benzene rings is 2. The van der Waals surface area contributed by atoms with Gasteiger partial charge in [0.25, 0.3) is 0 Å². The zero-order valence-electron chi connectivity index (χ0n) is 14.2. The summed E-state index contributed by atoms with van der Waals surface area (Å²) >= 11 is 0. The van der Waals surface area contributed by atoms with Crippen molar-refractivity contribution in [3.8, 4) is 6.07 Å². The Morgan fingerprint density at radius 2 is 1.74 bits per heavy atom. The fourth-order valence-corrected chi connectivity index (χ4v) is 2.46. The molecule has 0 unspecified atom stereocenters. The fourth-order valence-electron chi connectivity index (χ4n) is 2.46. The molecule has 0 spiro atoms. The van der Waals surface area contributed by atoms with Crippen molar-refractivity contribution in [2.24, 2.45) is 0 Å². The molecule has 0 aliphatic rings. The van der Waals surface area contributed by atoms with Gasteiger partial charge in [0.15, 0.2) is 0 Å². The van der Waals surface area contributed by atoms with Crippen LogP contribution in [0.1, 0.15) is 16.8 Å². The third kappa shape index (κ3) is 4.52. The van der Waals surface area contributed by atoms with E-state index in [4.69, 9.17) is 5.26 Å². The predicted octanol–water partition coefficient (Wildman–Crippen LogP) is 5.16. The maximum absolute atomic E-state index is 13.1. The van der Waals surface area contributed by atoms with Crippen LogP contribution >= 0.6 is 0 Å². The quantitative estimate of drug-likeness (QED) is 0.664. The van der Waals surface area contributed by atoms with Gasteiger partial charge in [-0.15, -0.1) is 0 Å². The first-order chi connectivity index (χ1) is 12.8. The van der Waals surface area contributed by atoms with Gasteiger partial charge >= 0.3 is 6.18 Å². The molecule has 2 N–H and O–H groups in total. The van der Waals surface area contributed by atoms with E-state index in [9.17, 15) is 13.2 Å². The molecule has 0 bridgehead atoms. The van der Waals surface area contributed by atoms with Crippen molar-refractivity contribution in [3.05, 3.63) is 71.4 Å². The molecule has 0 saturated heterocycles. The normalized spacial score (nSPS) is 10.9. The molecule has 136 valence electrons. The van der Waals surface area contributed by atoms with Crippen molar-refractivity contribution in [2.75, 3.05) is 10.6 Å². The number of alkyl halides is 3. The summed E-state index contributed by atoms with van der Waals surface area (Å²) in [5, 5.41) is 14.6. The van der Waals surface area contributed by atoms with E-state index >= 15 is 0 Å². The summed E-state index contributed by atoms with van der Waals surface area (Å²) in [6.45, 7) is 1.71. The number of anilines is 4. The third-order valence-electron chi connectivity index (χ3n) is 3.60. The van der Waals surface area contributed by atoms with Crippen LogP contribution in [0.15, 0.2) is 54.6 Å². The Kier molecular flexibility index (Phi) is 4.94. The lowest BCUT2D eigenvalue weighted by Gasteiger charge is -2.14. The van der Waals surface area contributed by atoms with E-state index in [1.54, 1.807) is 37.3 Å². The Morgan fingerprint density at radius 3 is 2.48 bits per heavy atom. The van der Waals surface area contributed by atoms with Crippen LogP contribution in [0, 0.1) is 18.3 Å². The Bertz CT molecular complexity index is 1010. The van der Waals surface area contributed by atoms with E-state index in [-0.39, 0.29) is 11.6 Å². The van der Waals surface area contributed by atoms with Crippen molar-refractivity contribution in [2.45, 2.75) is 13.1 Å². The van der Waals surface area contributed by atoms with Crippen LogP contribution in [0.5, 0.6) is 0 Å². The molecule has 0 atom stereocenters. The minimum absolute atomic E-state index is 0.0330. The van der Waals surface area contributed by atoms with Crippen LogP contribution < -0.4 is 10.6 Å². The second kappa shape index (κ2) is 7.33. The molecular formula is C19H14F3N5. The Balaban J connectivity index is 1.90. The molecule has 2 aromatic carbocycles. The highest BCUT2D eigenvalue weighted by Crippen LogP contribution is 2.35. The lowest BCUT2D eigenvalue weighted by molar-refractivity contribution is -0.136. The summed E-state index contributed by atoms with van der Waals surface area (Å²) in [6, 6.07) is 15.6. The summed E-state index contributed by atoms with van der Waals surface area (Å²) in [5.41, 5.74) is 0.743. The van der Waals surface area contributed by atoms with Crippen LogP contribution in [-0.4, -0.2) is 9.97 Å². The summed E-state index contributed by atoms with van der Waals surface area (Å²) in [7, 11) is 0. The maximum Gasteiger partial charge on any atom is 0.418 e. The molecule has 0 aliphatic carbocycles. The highest BCUT2D eigenvalue weighted by Gasteiger charge is 2.33. The van der Waals surface area contributed by atoms with Gasteiger partial charge in [-0.1, -0.05) is 18.2 Å². The number of rotatable bonds is 4. The number of halogens is 3. The van der Waals surface area contributed by atoms with Gasteiger partial charge in [-0.25, -0.2) is 4.98 Å². The molecule has 0 fully saturated rings. The van der Waals surface area contributed by atoms with E-state index in [0.29, 0.717) is 22.8 Å². The maximum atomic E-state index is 13.1. The van der Waals surface area contributed by atoms with Gasteiger partial charge in [-0.05, 0) is 37.3 Å². The Morgan fingerprint density at radius 1 is 0.963 bits per heavy atom. The SMILES string of the molecule is Cc1cc(Nc2cccc(C#N)c2)nc(Nc2ccccc2C(F)(F)F)n1. The van der Waals surface area contributed by atoms with Crippen molar-refractivity contribution < 1.29 is 13.2 Å². The summed E-state index contributed by atoms with van der Waals surface area (Å²) in [5.74, 6) is 0.426. The molecule has 3 rings (SSSR count). The van der Waals surface area contributed by atoms with Crippen LogP contribution in [0.4, 0.5) is 36.3 Å². The molecule has 8 heteroatoms. The Labute approximate surface area is 153 Å². The number of nitrogens with zero attached hydrogens (tertiary/aromatic N) is 3. The zero-order chi connectivity index (χ0) is 19.4. The van der Waals surface area contributed by atoms with E-state index in [0.717, 1.165) is 6.07 Å². The topological polar surface area (TPSA) is 73.6 Å². The molecule has 27 heavy (non-hydrogen) atoms. The second-order valence-corrected chi connectivity index (χ2v) is 5.70. The molecule has 0 amide bonds. The minimum atomic E-state index is -4.49. The fraction of sp³-hybridized carbons (Fsp3) is 0.105. The molecule has 0 radical (unpaired) electrons. The average molecular weight is 369 g/mol. The first-order valence-corrected chi connectivity index (χ1v) is 7.91. The van der Waals surface area contributed by atoms with Gasteiger partial charge in [-0.3, -0.25) is 0 Å². The van der Waals surface area contributed by atoms with E-state index in [1.165, 1.54) is 18.2 Å². The molecule has 1 aromatic heterocycles. The van der Waals surface area contributed by atoms with Crippen molar-refractivity contribution in [1.29, 1.82) is 5.26 Å². The lowest BCUT2D eigenvalue weighted by atomic mass is 10.1. The van der Waals surface area contributed by atoms with Crippen LogP contribution in [0.25, 0.3) is 0 Å². The van der Waals surface area contributed by atoms with Gasteiger partial charge in [0.2, 0.25) is 5.95 Å². The predicted molar refractivity (Wildman–Crippen MR) is 95.9 cm³/mol. The van der Waals surface area contributed by atoms with E-state index in [1.807, 2.05) is 6.07 Å². The largest absolute Gasteiger partial charge is 0.418 e. The standard InChI is InChI=1S/C19H14F3N5/c1-12-9-17(25-14-6-4-5-13(10-14)11-23)27-18(24-12)26-16-8-3-2-7-15(16)19(20,21)22/h2-10H,1H3,(H2,24,25,26,27). The highest BCUT2D eigenvalue weighted by atomic mass is 19.4. The van der Waals surface area contributed by atoms with Crippen LogP contribution in [-0.2, 0) is 6.18 Å². The second-order valence-electron chi connectivity index (χ2n) is 5.70. The number of nitriles is 1. The molecule has 0 aliphatic heterocycles. The van der Waals surface area contributed by atoms with Crippen LogP contribution in [0.2, 0.25) is 0 Å². The monoisotopic (exact) mass is 369 g/mol. The highest BCUT2D eigenvalue weighted by molar-refractivity contribution is 5.63.